The molecule has 0 aliphatic carbocycles. The van der Waals surface area contributed by atoms with Crippen LogP contribution in [0.1, 0.15) is 21.6 Å². The van der Waals surface area contributed by atoms with E-state index < -0.39 is 11.5 Å². The van der Waals surface area contributed by atoms with Gasteiger partial charge in [-0.15, -0.1) is 0 Å². The number of aryl methyl sites for hydroxylation is 1. The second-order valence-corrected chi connectivity index (χ2v) is 5.61. The molecule has 0 atom stereocenters. The molecule has 2 N–H and O–H groups in total. The lowest BCUT2D eigenvalue weighted by molar-refractivity contribution is 0.0697. The molecule has 2 aromatic carbocycles. The number of carbonyl (C=O) groups is 1. The minimum Gasteiger partial charge on any atom is -0.478 e. The monoisotopic (exact) mass is 330 g/mol. The molecule has 0 saturated heterocycles. The number of aromatic amines is 1. The summed E-state index contributed by atoms with van der Waals surface area (Å²) >= 11 is 0. The standard InChI is InChI=1S/C20H14N2O3/c1-12-9-17(18(11-21)19(23)22-12)16-8-3-2-7-15(16)13-5-4-6-14(10-13)20(24)25/h2-10H,1H3,(H,22,23)(H,24,25). The number of nitrogens with zero attached hydrogens (tertiary/aromatic N) is 1. The molecule has 122 valence electrons. The van der Waals surface area contributed by atoms with Crippen molar-refractivity contribution >= 4 is 5.97 Å². The van der Waals surface area contributed by atoms with Crippen LogP contribution in [0.3, 0.4) is 0 Å². The molecule has 0 unspecified atom stereocenters. The van der Waals surface area contributed by atoms with Crippen molar-refractivity contribution in [3.8, 4) is 28.3 Å². The van der Waals surface area contributed by atoms with Gasteiger partial charge in [-0.3, -0.25) is 4.79 Å². The van der Waals surface area contributed by atoms with Crippen LogP contribution in [0.4, 0.5) is 0 Å². The summed E-state index contributed by atoms with van der Waals surface area (Å²) in [5.74, 6) is -1.01. The Kier molecular flexibility index (Phi) is 4.19. The van der Waals surface area contributed by atoms with Crippen molar-refractivity contribution in [2.45, 2.75) is 6.92 Å². The zero-order valence-electron chi connectivity index (χ0n) is 13.4. The number of H-pyrrole nitrogens is 1. The first kappa shape index (κ1) is 16.2. The number of hydrogen-bond donors (Lipinski definition) is 2. The van der Waals surface area contributed by atoms with Crippen LogP contribution >= 0.6 is 0 Å². The van der Waals surface area contributed by atoms with Crippen LogP contribution in [0.25, 0.3) is 22.3 Å². The van der Waals surface area contributed by atoms with Crippen molar-refractivity contribution in [2.75, 3.05) is 0 Å². The molecule has 0 aliphatic rings. The third-order valence-corrected chi connectivity index (χ3v) is 3.92. The first-order chi connectivity index (χ1) is 12.0. The molecule has 1 aromatic heterocycles. The predicted octanol–water partition coefficient (Wildman–Crippen LogP) is 3.59. The molecule has 3 aromatic rings. The molecule has 5 heteroatoms. The average molecular weight is 330 g/mol. The third kappa shape index (κ3) is 3.06. The van der Waals surface area contributed by atoms with Gasteiger partial charge in [-0.2, -0.15) is 5.26 Å². The molecule has 0 aliphatic heterocycles. The molecule has 25 heavy (non-hydrogen) atoms. The van der Waals surface area contributed by atoms with Crippen molar-refractivity contribution < 1.29 is 9.90 Å². The summed E-state index contributed by atoms with van der Waals surface area (Å²) in [6.45, 7) is 1.75. The van der Waals surface area contributed by atoms with Gasteiger partial charge in [0, 0.05) is 11.3 Å². The van der Waals surface area contributed by atoms with E-state index in [2.05, 4.69) is 4.98 Å². The summed E-state index contributed by atoms with van der Waals surface area (Å²) in [4.78, 5) is 26.0. The molecule has 0 spiro atoms. The number of carboxylic acids is 1. The van der Waals surface area contributed by atoms with Gasteiger partial charge >= 0.3 is 5.97 Å². The number of rotatable bonds is 3. The van der Waals surface area contributed by atoms with Gasteiger partial charge in [0.1, 0.15) is 11.6 Å². The van der Waals surface area contributed by atoms with Crippen LogP contribution in [0.2, 0.25) is 0 Å². The minimum atomic E-state index is -1.01. The van der Waals surface area contributed by atoms with E-state index in [1.165, 1.54) is 6.07 Å². The fourth-order valence-electron chi connectivity index (χ4n) is 2.80. The highest BCUT2D eigenvalue weighted by Gasteiger charge is 2.15. The van der Waals surface area contributed by atoms with Crippen LogP contribution in [-0.2, 0) is 0 Å². The SMILES string of the molecule is Cc1cc(-c2ccccc2-c2cccc(C(=O)O)c2)c(C#N)c(=O)[nH]1. The second kappa shape index (κ2) is 6.46. The largest absolute Gasteiger partial charge is 0.478 e. The Balaban J connectivity index is 2.29. The Hall–Kier alpha value is -3.65. The number of nitrogens with one attached hydrogen (secondary N) is 1. The third-order valence-electron chi connectivity index (χ3n) is 3.92. The van der Waals surface area contributed by atoms with E-state index in [-0.39, 0.29) is 11.1 Å². The summed E-state index contributed by atoms with van der Waals surface area (Å²) < 4.78 is 0. The van der Waals surface area contributed by atoms with Gasteiger partial charge in [0.05, 0.1) is 5.56 Å². The minimum absolute atomic E-state index is 0.0347. The van der Waals surface area contributed by atoms with E-state index in [1.54, 1.807) is 31.2 Å². The summed E-state index contributed by atoms with van der Waals surface area (Å²) in [6.07, 6.45) is 0. The summed E-state index contributed by atoms with van der Waals surface area (Å²) in [7, 11) is 0. The molecule has 3 rings (SSSR count). The normalized spacial score (nSPS) is 10.2. The molecule has 5 nitrogen and oxygen atoms in total. The molecule has 0 amide bonds. The Morgan fingerprint density at radius 2 is 1.76 bits per heavy atom. The highest BCUT2D eigenvalue weighted by molar-refractivity contribution is 5.92. The Labute approximate surface area is 143 Å². The predicted molar refractivity (Wildman–Crippen MR) is 94.3 cm³/mol. The number of pyridine rings is 1. The van der Waals surface area contributed by atoms with Crippen LogP contribution in [-0.4, -0.2) is 16.1 Å². The second-order valence-electron chi connectivity index (χ2n) is 5.61. The van der Waals surface area contributed by atoms with Gasteiger partial charge in [-0.05, 0) is 41.8 Å². The van der Waals surface area contributed by atoms with E-state index in [0.29, 0.717) is 22.4 Å². The van der Waals surface area contributed by atoms with Gasteiger partial charge in [0.15, 0.2) is 0 Å². The van der Waals surface area contributed by atoms with Gasteiger partial charge in [0.25, 0.3) is 5.56 Å². The van der Waals surface area contributed by atoms with Crippen LogP contribution in [0.5, 0.6) is 0 Å². The van der Waals surface area contributed by atoms with Crippen molar-refractivity contribution in [1.82, 2.24) is 4.98 Å². The fraction of sp³-hybridized carbons (Fsp3) is 0.0500. The summed E-state index contributed by atoms with van der Waals surface area (Å²) in [5.41, 5.74) is 3.11. The number of hydrogen-bond acceptors (Lipinski definition) is 3. The van der Waals surface area contributed by atoms with Crippen molar-refractivity contribution in [1.29, 1.82) is 5.26 Å². The highest BCUT2D eigenvalue weighted by atomic mass is 16.4. The van der Waals surface area contributed by atoms with E-state index in [0.717, 1.165) is 5.56 Å². The van der Waals surface area contributed by atoms with Gasteiger partial charge in [-0.1, -0.05) is 36.4 Å². The lowest BCUT2D eigenvalue weighted by Crippen LogP contribution is -2.12. The van der Waals surface area contributed by atoms with Crippen molar-refractivity contribution in [2.24, 2.45) is 0 Å². The van der Waals surface area contributed by atoms with Crippen molar-refractivity contribution in [3.63, 3.8) is 0 Å². The molecule has 0 saturated carbocycles. The summed E-state index contributed by atoms with van der Waals surface area (Å²) in [6, 6.07) is 17.6. The van der Waals surface area contributed by atoms with E-state index in [1.807, 2.05) is 30.3 Å². The summed E-state index contributed by atoms with van der Waals surface area (Å²) in [5, 5.41) is 18.6. The fourth-order valence-corrected chi connectivity index (χ4v) is 2.80. The van der Waals surface area contributed by atoms with E-state index >= 15 is 0 Å². The Morgan fingerprint density at radius 1 is 1.04 bits per heavy atom. The zero-order valence-corrected chi connectivity index (χ0v) is 13.4. The molecule has 0 bridgehead atoms. The van der Waals surface area contributed by atoms with Gasteiger partial charge in [-0.25, -0.2) is 4.79 Å². The zero-order chi connectivity index (χ0) is 18.0. The highest BCUT2D eigenvalue weighted by Crippen LogP contribution is 2.33. The molecule has 0 fully saturated rings. The number of aromatic nitrogens is 1. The lowest BCUT2D eigenvalue weighted by atomic mass is 9.92. The maximum Gasteiger partial charge on any atom is 0.335 e. The number of carboxylic acid groups (broad SMARTS) is 1. The number of nitriles is 1. The van der Waals surface area contributed by atoms with E-state index in [4.69, 9.17) is 0 Å². The average Bonchev–Trinajstić information content (AvgIpc) is 2.61. The first-order valence-electron chi connectivity index (χ1n) is 7.58. The number of aromatic carboxylic acids is 1. The topological polar surface area (TPSA) is 93.9 Å². The quantitative estimate of drug-likeness (QED) is 0.767. The van der Waals surface area contributed by atoms with Crippen LogP contribution < -0.4 is 5.56 Å². The van der Waals surface area contributed by atoms with Crippen LogP contribution in [0.15, 0.2) is 59.4 Å². The van der Waals surface area contributed by atoms with Gasteiger partial charge < -0.3 is 10.1 Å². The van der Waals surface area contributed by atoms with E-state index in [9.17, 15) is 20.0 Å². The molecular weight excluding hydrogens is 316 g/mol. The smallest absolute Gasteiger partial charge is 0.335 e. The number of benzene rings is 2. The van der Waals surface area contributed by atoms with Crippen LogP contribution in [0, 0.1) is 18.3 Å². The Morgan fingerprint density at radius 3 is 2.44 bits per heavy atom. The maximum absolute atomic E-state index is 12.1. The molecule has 1 heterocycles. The molecular formula is C20H14N2O3. The molecule has 0 radical (unpaired) electrons. The first-order valence-corrected chi connectivity index (χ1v) is 7.58. The van der Waals surface area contributed by atoms with Gasteiger partial charge in [0.2, 0.25) is 0 Å². The lowest BCUT2D eigenvalue weighted by Gasteiger charge is -2.12. The van der Waals surface area contributed by atoms with Crippen molar-refractivity contribution in [3.05, 3.63) is 81.8 Å². The maximum atomic E-state index is 12.1. The Bertz CT molecular complexity index is 1070.